The summed E-state index contributed by atoms with van der Waals surface area (Å²) in [6.07, 6.45) is 2.08. The molecule has 1 aromatic heterocycles. The molecular weight excluding hydrogens is 390 g/mol. The summed E-state index contributed by atoms with van der Waals surface area (Å²) in [7, 11) is 0. The number of hydrogen-bond acceptors (Lipinski definition) is 4. The fraction of sp³-hybridized carbons (Fsp3) is 0.385. The van der Waals surface area contributed by atoms with Crippen LogP contribution < -0.4 is 5.32 Å². The van der Waals surface area contributed by atoms with E-state index in [0.717, 1.165) is 50.5 Å². The van der Waals surface area contributed by atoms with Crippen LogP contribution in [0.3, 0.4) is 0 Å². The van der Waals surface area contributed by atoms with Crippen molar-refractivity contribution in [3.8, 4) is 10.6 Å². The van der Waals surface area contributed by atoms with Crippen molar-refractivity contribution >= 4 is 43.2 Å². The Morgan fingerprint density at radius 3 is 2.89 bits per heavy atom. The Morgan fingerprint density at radius 2 is 2.11 bits per heavy atom. The number of nitrogens with one attached hydrogen (secondary N) is 1. The topological polar surface area (TPSA) is 37.8 Å². The van der Waals surface area contributed by atoms with Gasteiger partial charge >= 0.3 is 0 Å². The van der Waals surface area contributed by atoms with Crippen molar-refractivity contribution in [1.82, 2.24) is 15.5 Å². The normalized spacial score (nSPS) is 10.9. The molecule has 0 fully saturated rings. The molecule has 6 heteroatoms. The third-order valence-corrected chi connectivity index (χ3v) is 4.82. The van der Waals surface area contributed by atoms with Crippen LogP contribution in [0, 0.1) is 0 Å². The molecule has 0 aliphatic heterocycles. The highest BCUT2D eigenvalue weighted by molar-refractivity contribution is 9.11. The highest BCUT2D eigenvalue weighted by Crippen LogP contribution is 2.32. The molecule has 0 saturated carbocycles. The highest BCUT2D eigenvalue weighted by Gasteiger charge is 2.10. The first-order valence-corrected chi connectivity index (χ1v) is 8.59. The SMILES string of the molecule is CCNCCCc1nnc(-c2cc(Br)ccc2Br)s1. The van der Waals surface area contributed by atoms with E-state index in [1.165, 1.54) is 0 Å². The minimum Gasteiger partial charge on any atom is -0.317 e. The Balaban J connectivity index is 2.06. The predicted molar refractivity (Wildman–Crippen MR) is 87.6 cm³/mol. The number of aryl methyl sites for hydroxylation is 1. The molecule has 0 amide bonds. The molecule has 2 aromatic rings. The van der Waals surface area contributed by atoms with E-state index in [-0.39, 0.29) is 0 Å². The maximum atomic E-state index is 4.28. The molecular formula is C13H15Br2N3S. The van der Waals surface area contributed by atoms with Gasteiger partial charge in [-0.25, -0.2) is 0 Å². The summed E-state index contributed by atoms with van der Waals surface area (Å²) in [5.74, 6) is 0. The molecule has 1 N–H and O–H groups in total. The second-order valence-corrected chi connectivity index (χ2v) is 6.91. The van der Waals surface area contributed by atoms with Crippen LogP contribution in [-0.2, 0) is 6.42 Å². The van der Waals surface area contributed by atoms with Gasteiger partial charge in [-0.3, -0.25) is 0 Å². The average Bonchev–Trinajstić information content (AvgIpc) is 2.86. The molecule has 0 atom stereocenters. The van der Waals surface area contributed by atoms with Gasteiger partial charge < -0.3 is 5.32 Å². The molecule has 3 nitrogen and oxygen atoms in total. The summed E-state index contributed by atoms with van der Waals surface area (Å²) in [5.41, 5.74) is 1.09. The van der Waals surface area contributed by atoms with E-state index < -0.39 is 0 Å². The first-order chi connectivity index (χ1) is 9.20. The highest BCUT2D eigenvalue weighted by atomic mass is 79.9. The van der Waals surface area contributed by atoms with E-state index in [1.54, 1.807) is 11.3 Å². The first-order valence-electron chi connectivity index (χ1n) is 6.19. The molecule has 0 bridgehead atoms. The van der Waals surface area contributed by atoms with E-state index in [0.29, 0.717) is 0 Å². The number of hydrogen-bond donors (Lipinski definition) is 1. The average molecular weight is 405 g/mol. The zero-order valence-electron chi connectivity index (χ0n) is 10.6. The van der Waals surface area contributed by atoms with E-state index in [4.69, 9.17) is 0 Å². The van der Waals surface area contributed by atoms with E-state index >= 15 is 0 Å². The standard InChI is InChI=1S/C13H15Br2N3S/c1-2-16-7-3-4-12-17-18-13(19-12)10-8-9(14)5-6-11(10)15/h5-6,8,16H,2-4,7H2,1H3. The maximum absolute atomic E-state index is 4.28. The van der Waals surface area contributed by atoms with Crippen molar-refractivity contribution in [3.63, 3.8) is 0 Å². The minimum absolute atomic E-state index is 0.964. The molecule has 0 unspecified atom stereocenters. The second kappa shape index (κ2) is 7.47. The van der Waals surface area contributed by atoms with Gasteiger partial charge in [0.25, 0.3) is 0 Å². The van der Waals surface area contributed by atoms with Crippen molar-refractivity contribution in [2.75, 3.05) is 13.1 Å². The van der Waals surface area contributed by atoms with Gasteiger partial charge in [0.05, 0.1) is 0 Å². The van der Waals surface area contributed by atoms with E-state index in [2.05, 4.69) is 60.4 Å². The lowest BCUT2D eigenvalue weighted by Gasteiger charge is -2.00. The van der Waals surface area contributed by atoms with Crippen molar-refractivity contribution in [2.24, 2.45) is 0 Å². The monoisotopic (exact) mass is 403 g/mol. The number of benzene rings is 1. The molecule has 102 valence electrons. The number of halogens is 2. The lowest BCUT2D eigenvalue weighted by molar-refractivity contribution is 0.669. The third kappa shape index (κ3) is 4.34. The van der Waals surface area contributed by atoms with Gasteiger partial charge in [0, 0.05) is 20.9 Å². The molecule has 0 aliphatic carbocycles. The number of nitrogens with zero attached hydrogens (tertiary/aromatic N) is 2. The fourth-order valence-corrected chi connectivity index (χ4v) is 3.50. The smallest absolute Gasteiger partial charge is 0.148 e. The molecule has 1 aromatic carbocycles. The van der Waals surface area contributed by atoms with Gasteiger partial charge in [-0.1, -0.05) is 50.1 Å². The Morgan fingerprint density at radius 1 is 1.26 bits per heavy atom. The van der Waals surface area contributed by atoms with Crippen molar-refractivity contribution < 1.29 is 0 Å². The maximum Gasteiger partial charge on any atom is 0.148 e. The summed E-state index contributed by atoms with van der Waals surface area (Å²) in [6.45, 7) is 4.17. The van der Waals surface area contributed by atoms with Crippen LogP contribution in [0.2, 0.25) is 0 Å². The molecule has 0 saturated heterocycles. The number of aromatic nitrogens is 2. The van der Waals surface area contributed by atoms with Gasteiger partial charge in [-0.15, -0.1) is 10.2 Å². The minimum atomic E-state index is 0.964. The summed E-state index contributed by atoms with van der Waals surface area (Å²) in [6, 6.07) is 6.09. The lowest BCUT2D eigenvalue weighted by atomic mass is 10.2. The van der Waals surface area contributed by atoms with Crippen LogP contribution in [0.25, 0.3) is 10.6 Å². The van der Waals surface area contributed by atoms with Gasteiger partial charge in [-0.2, -0.15) is 0 Å². The van der Waals surface area contributed by atoms with Crippen LogP contribution in [0.4, 0.5) is 0 Å². The molecule has 2 rings (SSSR count). The van der Waals surface area contributed by atoms with Crippen LogP contribution in [0.1, 0.15) is 18.4 Å². The van der Waals surface area contributed by atoms with Gasteiger partial charge in [0.15, 0.2) is 0 Å². The van der Waals surface area contributed by atoms with E-state index in [9.17, 15) is 0 Å². The molecule has 1 heterocycles. The summed E-state index contributed by atoms with van der Waals surface area (Å²) in [4.78, 5) is 0. The Hall–Kier alpha value is -0.300. The zero-order chi connectivity index (χ0) is 13.7. The second-order valence-electron chi connectivity index (χ2n) is 4.08. The molecule has 0 spiro atoms. The van der Waals surface area contributed by atoms with Crippen molar-refractivity contribution in [3.05, 3.63) is 32.2 Å². The molecule has 19 heavy (non-hydrogen) atoms. The summed E-state index contributed by atoms with van der Waals surface area (Å²) >= 11 is 8.71. The number of rotatable bonds is 6. The fourth-order valence-electron chi connectivity index (χ4n) is 1.67. The van der Waals surface area contributed by atoms with Crippen LogP contribution in [0.15, 0.2) is 27.1 Å². The van der Waals surface area contributed by atoms with Crippen LogP contribution >= 0.6 is 43.2 Å². The zero-order valence-corrected chi connectivity index (χ0v) is 14.6. The van der Waals surface area contributed by atoms with Gasteiger partial charge in [-0.05, 0) is 37.7 Å². The van der Waals surface area contributed by atoms with Crippen LogP contribution in [0.5, 0.6) is 0 Å². The predicted octanol–water partition coefficient (Wildman–Crippen LogP) is 4.27. The Labute approximate surface area is 134 Å². The Kier molecular flexibility index (Phi) is 5.94. The summed E-state index contributed by atoms with van der Waals surface area (Å²) < 4.78 is 2.10. The third-order valence-electron chi connectivity index (χ3n) is 2.62. The van der Waals surface area contributed by atoms with Crippen LogP contribution in [-0.4, -0.2) is 23.3 Å². The Bertz CT molecular complexity index is 542. The van der Waals surface area contributed by atoms with E-state index in [1.807, 2.05) is 12.1 Å². The largest absolute Gasteiger partial charge is 0.317 e. The van der Waals surface area contributed by atoms with Gasteiger partial charge in [0.1, 0.15) is 10.0 Å². The van der Waals surface area contributed by atoms with Gasteiger partial charge in [0.2, 0.25) is 0 Å². The lowest BCUT2D eigenvalue weighted by Crippen LogP contribution is -2.14. The quantitative estimate of drug-likeness (QED) is 0.730. The van der Waals surface area contributed by atoms with Crippen molar-refractivity contribution in [1.29, 1.82) is 0 Å². The molecule has 0 aliphatic rings. The van der Waals surface area contributed by atoms with Crippen molar-refractivity contribution in [2.45, 2.75) is 19.8 Å². The first kappa shape index (κ1) is 15.1. The summed E-state index contributed by atoms with van der Waals surface area (Å²) in [5, 5.41) is 13.9. The molecule has 0 radical (unpaired) electrons.